The number of aryl methyl sites for hydroxylation is 1. The van der Waals surface area contributed by atoms with Crippen molar-refractivity contribution in [1.29, 1.82) is 0 Å². The molecule has 10 nitrogen and oxygen atoms in total. The van der Waals surface area contributed by atoms with Gasteiger partial charge in [-0.3, -0.25) is 19.3 Å². The molecule has 182 valence electrons. The summed E-state index contributed by atoms with van der Waals surface area (Å²) >= 11 is 0. The van der Waals surface area contributed by atoms with Crippen LogP contribution in [0.1, 0.15) is 32.3 Å². The summed E-state index contributed by atoms with van der Waals surface area (Å²) in [6.45, 7) is 2.32. The van der Waals surface area contributed by atoms with E-state index in [1.165, 1.54) is 18.3 Å². The van der Waals surface area contributed by atoms with Crippen molar-refractivity contribution in [1.82, 2.24) is 10.3 Å². The van der Waals surface area contributed by atoms with Crippen LogP contribution in [-0.4, -0.2) is 56.1 Å². The predicted molar refractivity (Wildman–Crippen MR) is 125 cm³/mol. The Morgan fingerprint density at radius 3 is 2.74 bits per heavy atom. The summed E-state index contributed by atoms with van der Waals surface area (Å²) in [4.78, 5) is 43.1. The minimum atomic E-state index is -0.410. The predicted octanol–water partition coefficient (Wildman–Crippen LogP) is 2.55. The van der Waals surface area contributed by atoms with Gasteiger partial charge >= 0.3 is 0 Å². The number of fused-ring (bicyclic) bond motifs is 1. The lowest BCUT2D eigenvalue weighted by molar-refractivity contribution is -0.121. The third-order valence-electron chi connectivity index (χ3n) is 5.28. The van der Waals surface area contributed by atoms with Crippen LogP contribution in [0.4, 0.5) is 5.69 Å². The quantitative estimate of drug-likeness (QED) is 0.348. The Labute approximate surface area is 201 Å². The molecule has 0 spiro atoms. The summed E-state index contributed by atoms with van der Waals surface area (Å²) in [5, 5.41) is 2.65. The highest BCUT2D eigenvalue weighted by molar-refractivity contribution is 6.02. The highest BCUT2D eigenvalue weighted by Crippen LogP contribution is 2.34. The summed E-state index contributed by atoms with van der Waals surface area (Å²) in [6, 6.07) is 12.2. The van der Waals surface area contributed by atoms with Crippen LogP contribution in [0.5, 0.6) is 11.5 Å². The third kappa shape index (κ3) is 5.85. The first-order valence-corrected chi connectivity index (χ1v) is 11.0. The van der Waals surface area contributed by atoms with Gasteiger partial charge in [-0.2, -0.15) is 0 Å². The molecule has 0 saturated heterocycles. The summed E-state index contributed by atoms with van der Waals surface area (Å²) in [6.07, 6.45) is 1.23. The Hall–Kier alpha value is -4.18. The molecule has 1 aliphatic rings. The molecule has 0 bridgehead atoms. The maximum Gasteiger partial charge on any atom is 0.273 e. The number of nitrogens with zero attached hydrogens (tertiary/aromatic N) is 2. The molecule has 0 saturated carbocycles. The molecule has 0 aliphatic carbocycles. The number of rotatable bonds is 10. The molecule has 1 aromatic heterocycles. The number of methoxy groups -OCH3 is 1. The van der Waals surface area contributed by atoms with E-state index in [-0.39, 0.29) is 43.0 Å². The first-order chi connectivity index (χ1) is 16.9. The number of hydrogen-bond acceptors (Lipinski definition) is 8. The number of nitrogens with one attached hydrogen (secondary N) is 1. The molecule has 0 fully saturated rings. The van der Waals surface area contributed by atoms with Crippen LogP contribution in [0.25, 0.3) is 0 Å². The van der Waals surface area contributed by atoms with Gasteiger partial charge in [-0.05, 0) is 37.3 Å². The third-order valence-corrected chi connectivity index (χ3v) is 5.28. The van der Waals surface area contributed by atoms with Crippen LogP contribution in [0.3, 0.4) is 0 Å². The summed E-state index contributed by atoms with van der Waals surface area (Å²) in [5.74, 6) is 0.215. The van der Waals surface area contributed by atoms with Crippen molar-refractivity contribution in [2.75, 3.05) is 38.4 Å². The van der Waals surface area contributed by atoms with Gasteiger partial charge in [0.25, 0.3) is 11.8 Å². The average molecular weight is 479 g/mol. The van der Waals surface area contributed by atoms with Gasteiger partial charge in [-0.15, -0.1) is 0 Å². The minimum absolute atomic E-state index is 0.0297. The second-order valence-corrected chi connectivity index (χ2v) is 7.85. The highest BCUT2D eigenvalue weighted by Gasteiger charge is 2.28. The number of hydrogen-bond donors (Lipinski definition) is 1. The molecular formula is C25H25N3O7. The standard InChI is InChI=1S/C25H25N3O7/c1-16-3-6-18(7-4-16)33-14-21(29)17-5-8-22-20(11-17)28(24(30)15-34-22)12-23-27-19(13-35-23)25(31)26-9-10-32-2/h3-8,11,13H,9-10,12,14-15H2,1-2H3,(H,26,31). The molecule has 0 atom stereocenters. The van der Waals surface area contributed by atoms with Crippen molar-refractivity contribution < 1.29 is 33.0 Å². The lowest BCUT2D eigenvalue weighted by Crippen LogP contribution is -2.38. The van der Waals surface area contributed by atoms with Gasteiger partial charge in [0.15, 0.2) is 24.7 Å². The number of aromatic nitrogens is 1. The fourth-order valence-electron chi connectivity index (χ4n) is 3.40. The Balaban J connectivity index is 1.46. The van der Waals surface area contributed by atoms with Crippen molar-refractivity contribution in [2.45, 2.75) is 13.5 Å². The van der Waals surface area contributed by atoms with Crippen molar-refractivity contribution in [3.63, 3.8) is 0 Å². The molecular weight excluding hydrogens is 454 g/mol. The average Bonchev–Trinajstić information content (AvgIpc) is 3.34. The fourth-order valence-corrected chi connectivity index (χ4v) is 3.40. The second kappa shape index (κ2) is 10.8. The zero-order valence-corrected chi connectivity index (χ0v) is 19.4. The molecule has 4 rings (SSSR count). The van der Waals surface area contributed by atoms with Crippen molar-refractivity contribution >= 4 is 23.3 Å². The van der Waals surface area contributed by atoms with E-state index in [2.05, 4.69) is 10.3 Å². The van der Waals surface area contributed by atoms with E-state index in [0.29, 0.717) is 35.9 Å². The van der Waals surface area contributed by atoms with Crippen LogP contribution in [-0.2, 0) is 16.1 Å². The van der Waals surface area contributed by atoms with Crippen LogP contribution < -0.4 is 19.7 Å². The van der Waals surface area contributed by atoms with E-state index in [1.807, 2.05) is 19.1 Å². The van der Waals surface area contributed by atoms with Crippen LogP contribution in [0.2, 0.25) is 0 Å². The number of ether oxygens (including phenoxy) is 3. The van der Waals surface area contributed by atoms with Gasteiger partial charge < -0.3 is 23.9 Å². The normalized spacial score (nSPS) is 12.6. The minimum Gasteiger partial charge on any atom is -0.485 e. The Kier molecular flexibility index (Phi) is 7.41. The first kappa shape index (κ1) is 24.0. The van der Waals surface area contributed by atoms with E-state index in [4.69, 9.17) is 18.6 Å². The maximum atomic E-state index is 12.8. The van der Waals surface area contributed by atoms with Crippen LogP contribution >= 0.6 is 0 Å². The van der Waals surface area contributed by atoms with Gasteiger partial charge in [0.1, 0.15) is 24.3 Å². The SMILES string of the molecule is COCCNC(=O)c1coc(CN2C(=O)COc3ccc(C(=O)COc4ccc(C)cc4)cc32)n1. The number of carbonyl (C=O) groups excluding carboxylic acids is 3. The fraction of sp³-hybridized carbons (Fsp3) is 0.280. The van der Waals surface area contributed by atoms with Crippen LogP contribution in [0, 0.1) is 6.92 Å². The largest absolute Gasteiger partial charge is 0.485 e. The molecule has 2 amide bonds. The van der Waals surface area contributed by atoms with Crippen molar-refractivity contribution in [2.24, 2.45) is 0 Å². The van der Waals surface area contributed by atoms with E-state index >= 15 is 0 Å². The Morgan fingerprint density at radius 1 is 1.17 bits per heavy atom. The summed E-state index contributed by atoms with van der Waals surface area (Å²) < 4.78 is 21.4. The summed E-state index contributed by atoms with van der Waals surface area (Å²) in [5.41, 5.74) is 1.96. The topological polar surface area (TPSA) is 120 Å². The van der Waals surface area contributed by atoms with Gasteiger partial charge in [0, 0.05) is 19.2 Å². The highest BCUT2D eigenvalue weighted by atomic mass is 16.5. The molecule has 0 radical (unpaired) electrons. The molecule has 1 aliphatic heterocycles. The number of amides is 2. The van der Waals surface area contributed by atoms with E-state index in [9.17, 15) is 14.4 Å². The number of ketones is 1. The van der Waals surface area contributed by atoms with Gasteiger partial charge in [-0.25, -0.2) is 4.98 Å². The summed E-state index contributed by atoms with van der Waals surface area (Å²) in [7, 11) is 1.54. The number of anilines is 1. The molecule has 2 aromatic carbocycles. The Morgan fingerprint density at radius 2 is 1.97 bits per heavy atom. The van der Waals surface area contributed by atoms with E-state index in [1.54, 1.807) is 30.3 Å². The molecule has 2 heterocycles. The number of benzene rings is 2. The van der Waals surface area contributed by atoms with Crippen molar-refractivity contribution in [3.8, 4) is 11.5 Å². The first-order valence-electron chi connectivity index (χ1n) is 11.0. The van der Waals surface area contributed by atoms with Gasteiger partial charge in [-0.1, -0.05) is 17.7 Å². The molecule has 35 heavy (non-hydrogen) atoms. The molecule has 3 aromatic rings. The zero-order chi connectivity index (χ0) is 24.8. The Bertz CT molecular complexity index is 1220. The van der Waals surface area contributed by atoms with E-state index in [0.717, 1.165) is 5.56 Å². The van der Waals surface area contributed by atoms with Gasteiger partial charge in [0.05, 0.1) is 12.3 Å². The number of carbonyl (C=O) groups is 3. The molecule has 10 heteroatoms. The molecule has 0 unspecified atom stereocenters. The molecule has 1 N–H and O–H groups in total. The second-order valence-electron chi connectivity index (χ2n) is 7.85. The van der Waals surface area contributed by atoms with Crippen LogP contribution in [0.15, 0.2) is 53.1 Å². The zero-order valence-electron chi connectivity index (χ0n) is 19.4. The lowest BCUT2D eigenvalue weighted by Gasteiger charge is -2.28. The van der Waals surface area contributed by atoms with Crippen molar-refractivity contribution in [3.05, 3.63) is 71.4 Å². The maximum absolute atomic E-state index is 12.8. The monoisotopic (exact) mass is 479 g/mol. The van der Waals surface area contributed by atoms with E-state index < -0.39 is 5.91 Å². The number of oxazole rings is 1. The smallest absolute Gasteiger partial charge is 0.273 e. The lowest BCUT2D eigenvalue weighted by atomic mass is 10.1. The number of Topliss-reactive ketones (excluding diaryl/α,β-unsaturated/α-hetero) is 1. The van der Waals surface area contributed by atoms with Gasteiger partial charge in [0.2, 0.25) is 5.89 Å².